The summed E-state index contributed by atoms with van der Waals surface area (Å²) >= 11 is 1.54. The summed E-state index contributed by atoms with van der Waals surface area (Å²) in [6.07, 6.45) is 0.374. The number of urea groups is 1. The summed E-state index contributed by atoms with van der Waals surface area (Å²) < 4.78 is 21.4. The molecule has 170 valence electrons. The first-order valence-electron chi connectivity index (χ1n) is 9.93. The van der Waals surface area contributed by atoms with Crippen molar-refractivity contribution in [1.82, 2.24) is 10.1 Å². The normalized spacial score (nSPS) is 10.5. The highest BCUT2D eigenvalue weighted by Crippen LogP contribution is 2.40. The van der Waals surface area contributed by atoms with E-state index in [1.165, 1.54) is 32.7 Å². The van der Waals surface area contributed by atoms with Crippen LogP contribution in [-0.2, 0) is 6.42 Å². The monoisotopic (exact) mass is 466 g/mol. The zero-order chi connectivity index (χ0) is 23.2. The molecule has 2 aromatic carbocycles. The summed E-state index contributed by atoms with van der Waals surface area (Å²) in [5.41, 5.74) is 1.94. The second kappa shape index (κ2) is 10.0. The maximum atomic E-state index is 12.7. The number of carbonyl (C=O) groups is 1. The molecule has 0 saturated carbocycles. The number of nitrogens with zero attached hydrogens (tertiary/aromatic N) is 2. The number of amides is 2. The number of hydrogen-bond acceptors (Lipinski definition) is 8. The third kappa shape index (κ3) is 5.07. The van der Waals surface area contributed by atoms with Crippen LogP contribution in [-0.4, -0.2) is 37.5 Å². The Morgan fingerprint density at radius 2 is 1.76 bits per heavy atom. The van der Waals surface area contributed by atoms with Gasteiger partial charge in [0.05, 0.1) is 38.3 Å². The van der Waals surface area contributed by atoms with Crippen molar-refractivity contribution >= 4 is 28.7 Å². The van der Waals surface area contributed by atoms with Crippen molar-refractivity contribution in [2.75, 3.05) is 32.0 Å². The Morgan fingerprint density at radius 1 is 1.00 bits per heavy atom. The second-order valence-corrected chi connectivity index (χ2v) is 7.76. The van der Waals surface area contributed by atoms with Crippen LogP contribution in [0.3, 0.4) is 0 Å². The zero-order valence-electron chi connectivity index (χ0n) is 18.2. The van der Waals surface area contributed by atoms with Crippen LogP contribution in [0.5, 0.6) is 17.2 Å². The number of ether oxygens (including phenoxy) is 3. The highest BCUT2D eigenvalue weighted by Gasteiger charge is 2.16. The van der Waals surface area contributed by atoms with E-state index in [0.29, 0.717) is 46.8 Å². The van der Waals surface area contributed by atoms with Gasteiger partial charge in [-0.2, -0.15) is 4.98 Å². The predicted octanol–water partition coefficient (Wildman–Crippen LogP) is 5.06. The van der Waals surface area contributed by atoms with Crippen molar-refractivity contribution < 1.29 is 23.5 Å². The Morgan fingerprint density at radius 3 is 2.42 bits per heavy atom. The molecule has 2 heterocycles. The molecule has 4 rings (SSSR count). The number of carbonyl (C=O) groups excluding carboxylic acids is 1. The summed E-state index contributed by atoms with van der Waals surface area (Å²) in [7, 11) is 4.54. The van der Waals surface area contributed by atoms with E-state index >= 15 is 0 Å². The van der Waals surface area contributed by atoms with Crippen LogP contribution in [0.15, 0.2) is 58.4 Å². The molecule has 2 amide bonds. The van der Waals surface area contributed by atoms with E-state index in [1.807, 2.05) is 35.7 Å². The van der Waals surface area contributed by atoms with Gasteiger partial charge in [0.1, 0.15) is 0 Å². The van der Waals surface area contributed by atoms with Crippen molar-refractivity contribution in [2.24, 2.45) is 0 Å². The van der Waals surface area contributed by atoms with Crippen molar-refractivity contribution in [2.45, 2.75) is 6.42 Å². The molecular weight excluding hydrogens is 444 g/mol. The number of methoxy groups -OCH3 is 3. The van der Waals surface area contributed by atoms with Gasteiger partial charge in [-0.15, -0.1) is 11.3 Å². The van der Waals surface area contributed by atoms with Crippen molar-refractivity contribution in [1.29, 1.82) is 0 Å². The number of para-hydroxylation sites is 1. The molecule has 0 bridgehead atoms. The van der Waals surface area contributed by atoms with E-state index in [0.717, 1.165) is 10.4 Å². The molecule has 0 spiro atoms. The molecule has 0 aliphatic heterocycles. The first kappa shape index (κ1) is 22.2. The average Bonchev–Trinajstić information content (AvgIpc) is 3.52. The van der Waals surface area contributed by atoms with Gasteiger partial charge in [-0.05, 0) is 23.1 Å². The summed E-state index contributed by atoms with van der Waals surface area (Å²) in [5.74, 6) is 2.32. The lowest BCUT2D eigenvalue weighted by Gasteiger charge is -2.15. The van der Waals surface area contributed by atoms with Crippen LogP contribution in [0.1, 0.15) is 11.5 Å². The van der Waals surface area contributed by atoms with E-state index in [9.17, 15) is 4.79 Å². The summed E-state index contributed by atoms with van der Waals surface area (Å²) in [6, 6.07) is 14.2. The Kier molecular flexibility index (Phi) is 6.75. The molecule has 2 aromatic heterocycles. The van der Waals surface area contributed by atoms with E-state index in [2.05, 4.69) is 20.8 Å². The predicted molar refractivity (Wildman–Crippen MR) is 126 cm³/mol. The Labute approximate surface area is 194 Å². The van der Waals surface area contributed by atoms with Gasteiger partial charge >= 0.3 is 6.03 Å². The Balaban J connectivity index is 1.48. The molecule has 0 saturated heterocycles. The Bertz CT molecular complexity index is 1210. The van der Waals surface area contributed by atoms with Crippen LogP contribution < -0.4 is 24.8 Å². The topological polar surface area (TPSA) is 108 Å². The van der Waals surface area contributed by atoms with Gasteiger partial charge in [0.2, 0.25) is 17.5 Å². The summed E-state index contributed by atoms with van der Waals surface area (Å²) in [4.78, 5) is 18.1. The van der Waals surface area contributed by atoms with Gasteiger partial charge in [0.15, 0.2) is 11.5 Å². The minimum atomic E-state index is -0.429. The number of thiophene rings is 1. The maximum absolute atomic E-state index is 12.7. The molecule has 0 atom stereocenters. The van der Waals surface area contributed by atoms with E-state index < -0.39 is 6.03 Å². The van der Waals surface area contributed by atoms with Crippen LogP contribution in [0.25, 0.3) is 10.7 Å². The highest BCUT2D eigenvalue weighted by atomic mass is 32.1. The number of aromatic nitrogens is 2. The largest absolute Gasteiger partial charge is 0.493 e. The Hall–Kier alpha value is -4.05. The van der Waals surface area contributed by atoms with Gasteiger partial charge in [-0.1, -0.05) is 29.4 Å². The molecule has 0 unspecified atom stereocenters. The highest BCUT2D eigenvalue weighted by molar-refractivity contribution is 7.13. The van der Waals surface area contributed by atoms with Gasteiger partial charge in [0.25, 0.3) is 0 Å². The van der Waals surface area contributed by atoms with Gasteiger partial charge in [-0.3, -0.25) is 0 Å². The lowest BCUT2D eigenvalue weighted by atomic mass is 10.1. The van der Waals surface area contributed by atoms with Crippen molar-refractivity contribution in [3.63, 3.8) is 0 Å². The zero-order valence-corrected chi connectivity index (χ0v) is 19.1. The molecule has 0 fully saturated rings. The van der Waals surface area contributed by atoms with Gasteiger partial charge < -0.3 is 29.4 Å². The first-order chi connectivity index (χ1) is 16.1. The maximum Gasteiger partial charge on any atom is 0.323 e. The standard InChI is InChI=1S/C23H22N4O5S/c1-29-17-12-15(13-18(30-2)21(17)31-3)24-23(28)25-16-8-5-4-7-14(16)11-20-26-22(27-32-20)19-9-6-10-33-19/h4-10,12-13H,11H2,1-3H3,(H2,24,25,28). The fourth-order valence-corrected chi connectivity index (χ4v) is 3.88. The lowest BCUT2D eigenvalue weighted by molar-refractivity contribution is 0.262. The summed E-state index contributed by atoms with van der Waals surface area (Å²) in [5, 5.41) is 11.6. The van der Waals surface area contributed by atoms with E-state index in [-0.39, 0.29) is 0 Å². The fraction of sp³-hybridized carbons (Fsp3) is 0.174. The molecule has 0 radical (unpaired) electrons. The molecule has 0 aliphatic carbocycles. The molecular formula is C23H22N4O5S. The van der Waals surface area contributed by atoms with Gasteiger partial charge in [0, 0.05) is 17.8 Å². The smallest absolute Gasteiger partial charge is 0.323 e. The molecule has 9 nitrogen and oxygen atoms in total. The second-order valence-electron chi connectivity index (χ2n) is 6.82. The van der Waals surface area contributed by atoms with Crippen molar-refractivity contribution in [3.05, 3.63) is 65.4 Å². The summed E-state index contributed by atoms with van der Waals surface area (Å²) in [6.45, 7) is 0. The minimum Gasteiger partial charge on any atom is -0.493 e. The van der Waals surface area contributed by atoms with Crippen LogP contribution in [0.2, 0.25) is 0 Å². The van der Waals surface area contributed by atoms with Crippen molar-refractivity contribution in [3.8, 4) is 28.0 Å². The molecule has 0 aliphatic rings. The molecule has 4 aromatic rings. The average molecular weight is 467 g/mol. The lowest BCUT2D eigenvalue weighted by Crippen LogP contribution is -2.20. The third-order valence-corrected chi connectivity index (χ3v) is 5.61. The SMILES string of the molecule is COc1cc(NC(=O)Nc2ccccc2Cc2nc(-c3cccs3)no2)cc(OC)c1OC. The molecule has 10 heteroatoms. The number of anilines is 2. The molecule has 33 heavy (non-hydrogen) atoms. The number of benzene rings is 2. The van der Waals surface area contributed by atoms with E-state index in [4.69, 9.17) is 18.7 Å². The molecule has 2 N–H and O–H groups in total. The third-order valence-electron chi connectivity index (χ3n) is 4.74. The number of nitrogens with one attached hydrogen (secondary N) is 2. The van der Waals surface area contributed by atoms with Crippen LogP contribution >= 0.6 is 11.3 Å². The first-order valence-corrected chi connectivity index (χ1v) is 10.8. The minimum absolute atomic E-state index is 0.374. The van der Waals surface area contributed by atoms with Gasteiger partial charge in [-0.25, -0.2) is 4.79 Å². The van der Waals surface area contributed by atoms with Crippen LogP contribution in [0.4, 0.5) is 16.2 Å². The van der Waals surface area contributed by atoms with E-state index in [1.54, 1.807) is 18.2 Å². The number of hydrogen-bond donors (Lipinski definition) is 2. The van der Waals surface area contributed by atoms with Crippen LogP contribution in [0, 0.1) is 0 Å². The number of rotatable bonds is 8. The quantitative estimate of drug-likeness (QED) is 0.374. The fourth-order valence-electron chi connectivity index (χ4n) is 3.23.